The molecule has 1 aliphatic rings. The quantitative estimate of drug-likeness (QED) is 0.915. The molecular weight excluding hydrogens is 246 g/mol. The van der Waals surface area contributed by atoms with Gasteiger partial charge in [-0.3, -0.25) is 4.79 Å². The molecule has 0 spiro atoms. The van der Waals surface area contributed by atoms with Crippen LogP contribution in [-0.2, 0) is 17.6 Å². The smallest absolute Gasteiger partial charge is 0.309 e. The summed E-state index contributed by atoms with van der Waals surface area (Å²) in [5.41, 5.74) is 2.42. The number of nitrogens with zero attached hydrogens (tertiary/aromatic N) is 1. The van der Waals surface area contributed by atoms with Crippen molar-refractivity contribution in [2.24, 2.45) is 0 Å². The van der Waals surface area contributed by atoms with Gasteiger partial charge in [-0.2, -0.15) is 0 Å². The van der Waals surface area contributed by atoms with Gasteiger partial charge in [0.1, 0.15) is 12.0 Å². The molecule has 0 saturated heterocycles. The van der Waals surface area contributed by atoms with Gasteiger partial charge in [-0.25, -0.2) is 4.98 Å². The van der Waals surface area contributed by atoms with E-state index in [4.69, 9.17) is 14.3 Å². The van der Waals surface area contributed by atoms with Gasteiger partial charge in [0.05, 0.1) is 18.7 Å². The lowest BCUT2D eigenvalue weighted by molar-refractivity contribution is -0.136. The number of hydrogen-bond donors (Lipinski definition) is 1. The molecule has 19 heavy (non-hydrogen) atoms. The molecule has 0 fully saturated rings. The maximum absolute atomic E-state index is 10.6. The maximum atomic E-state index is 10.6. The molecule has 3 rings (SSSR count). The normalized spacial score (nSPS) is 13.7. The van der Waals surface area contributed by atoms with Crippen molar-refractivity contribution in [2.75, 3.05) is 6.61 Å². The van der Waals surface area contributed by atoms with Crippen LogP contribution in [0.2, 0.25) is 0 Å². The SMILES string of the molecule is O=C(O)Cc1coc(-c2ccc3c(c2)CCCO3)n1. The lowest BCUT2D eigenvalue weighted by Crippen LogP contribution is -2.08. The minimum Gasteiger partial charge on any atom is -0.493 e. The molecule has 0 aliphatic carbocycles. The third kappa shape index (κ3) is 2.45. The molecule has 1 aromatic carbocycles. The van der Waals surface area contributed by atoms with Crippen molar-refractivity contribution in [3.63, 3.8) is 0 Å². The van der Waals surface area contributed by atoms with Crippen LogP contribution in [0.25, 0.3) is 11.5 Å². The van der Waals surface area contributed by atoms with Crippen molar-refractivity contribution in [2.45, 2.75) is 19.3 Å². The molecule has 0 atom stereocenters. The number of carboxylic acids is 1. The van der Waals surface area contributed by atoms with E-state index in [1.807, 2.05) is 18.2 Å². The van der Waals surface area contributed by atoms with E-state index >= 15 is 0 Å². The monoisotopic (exact) mass is 259 g/mol. The highest BCUT2D eigenvalue weighted by molar-refractivity contribution is 5.69. The lowest BCUT2D eigenvalue weighted by Gasteiger charge is -2.17. The van der Waals surface area contributed by atoms with E-state index in [0.29, 0.717) is 11.6 Å². The number of carboxylic acid groups (broad SMARTS) is 1. The minimum absolute atomic E-state index is 0.127. The standard InChI is InChI=1S/C14H13NO4/c16-13(17)7-11-8-19-14(15-11)10-3-4-12-9(6-10)2-1-5-18-12/h3-4,6,8H,1-2,5,7H2,(H,16,17). The molecule has 0 unspecified atom stereocenters. The zero-order chi connectivity index (χ0) is 13.2. The van der Waals surface area contributed by atoms with Crippen LogP contribution in [0.3, 0.4) is 0 Å². The van der Waals surface area contributed by atoms with E-state index in [2.05, 4.69) is 4.98 Å². The number of aliphatic carboxylic acids is 1. The van der Waals surface area contributed by atoms with Crippen molar-refractivity contribution in [3.05, 3.63) is 35.7 Å². The molecule has 0 bridgehead atoms. The first-order valence-electron chi connectivity index (χ1n) is 6.14. The fraction of sp³-hybridized carbons (Fsp3) is 0.286. The Morgan fingerprint density at radius 3 is 3.16 bits per heavy atom. The maximum Gasteiger partial charge on any atom is 0.309 e. The van der Waals surface area contributed by atoms with E-state index in [1.165, 1.54) is 6.26 Å². The van der Waals surface area contributed by atoms with Crippen LogP contribution in [0, 0.1) is 0 Å². The average Bonchev–Trinajstić information content (AvgIpc) is 2.86. The van der Waals surface area contributed by atoms with Crippen molar-refractivity contribution in [1.29, 1.82) is 0 Å². The number of benzene rings is 1. The van der Waals surface area contributed by atoms with Crippen LogP contribution in [0.1, 0.15) is 17.7 Å². The number of ether oxygens (including phenoxy) is 1. The molecule has 0 amide bonds. The summed E-state index contributed by atoms with van der Waals surface area (Å²) in [7, 11) is 0. The van der Waals surface area contributed by atoms with Gasteiger partial charge in [0.25, 0.3) is 0 Å². The third-order valence-electron chi connectivity index (χ3n) is 3.04. The Balaban J connectivity index is 1.89. The highest BCUT2D eigenvalue weighted by Crippen LogP contribution is 2.29. The van der Waals surface area contributed by atoms with E-state index in [1.54, 1.807) is 0 Å². The molecule has 5 nitrogen and oxygen atoms in total. The first-order chi connectivity index (χ1) is 9.22. The second-order valence-electron chi connectivity index (χ2n) is 4.49. The summed E-state index contributed by atoms with van der Waals surface area (Å²) in [6, 6.07) is 5.77. The first-order valence-corrected chi connectivity index (χ1v) is 6.14. The number of hydrogen-bond acceptors (Lipinski definition) is 4. The van der Waals surface area contributed by atoms with Crippen LogP contribution >= 0.6 is 0 Å². The summed E-state index contributed by atoms with van der Waals surface area (Å²) in [6.07, 6.45) is 3.25. The summed E-state index contributed by atoms with van der Waals surface area (Å²) >= 11 is 0. The third-order valence-corrected chi connectivity index (χ3v) is 3.04. The van der Waals surface area contributed by atoms with Gasteiger partial charge in [-0.15, -0.1) is 0 Å². The first kappa shape index (κ1) is 11.8. The average molecular weight is 259 g/mol. The molecular formula is C14H13NO4. The number of fused-ring (bicyclic) bond motifs is 1. The van der Waals surface area contributed by atoms with E-state index < -0.39 is 5.97 Å². The molecule has 2 aromatic rings. The molecule has 0 radical (unpaired) electrons. The Morgan fingerprint density at radius 2 is 2.32 bits per heavy atom. The second kappa shape index (κ2) is 4.76. The molecule has 2 heterocycles. The Kier molecular flexibility index (Phi) is 2.95. The zero-order valence-corrected chi connectivity index (χ0v) is 10.3. The number of oxazole rings is 1. The van der Waals surface area contributed by atoms with Crippen LogP contribution in [0.5, 0.6) is 5.75 Å². The van der Waals surface area contributed by atoms with Crippen LogP contribution < -0.4 is 4.74 Å². The molecule has 98 valence electrons. The predicted molar refractivity (Wildman–Crippen MR) is 67.1 cm³/mol. The van der Waals surface area contributed by atoms with E-state index in [0.717, 1.165) is 36.3 Å². The van der Waals surface area contributed by atoms with Crippen LogP contribution in [-0.4, -0.2) is 22.7 Å². The van der Waals surface area contributed by atoms with Gasteiger partial charge in [-0.1, -0.05) is 0 Å². The Morgan fingerprint density at radius 1 is 1.42 bits per heavy atom. The Labute approximate surface area is 109 Å². The van der Waals surface area contributed by atoms with Crippen LogP contribution in [0.4, 0.5) is 0 Å². The largest absolute Gasteiger partial charge is 0.493 e. The van der Waals surface area contributed by atoms with Crippen molar-refractivity contribution >= 4 is 5.97 Å². The summed E-state index contributed by atoms with van der Waals surface area (Å²) in [5.74, 6) is 0.440. The minimum atomic E-state index is -0.918. The highest BCUT2D eigenvalue weighted by atomic mass is 16.5. The summed E-state index contributed by atoms with van der Waals surface area (Å²) in [5, 5.41) is 8.71. The topological polar surface area (TPSA) is 72.6 Å². The summed E-state index contributed by atoms with van der Waals surface area (Å²) in [6.45, 7) is 0.758. The van der Waals surface area contributed by atoms with Gasteiger partial charge < -0.3 is 14.3 Å². The molecule has 1 aliphatic heterocycles. The van der Waals surface area contributed by atoms with Gasteiger partial charge in [0.2, 0.25) is 5.89 Å². The molecule has 1 N–H and O–H groups in total. The van der Waals surface area contributed by atoms with Crippen LogP contribution in [0.15, 0.2) is 28.9 Å². The Bertz CT molecular complexity index is 618. The lowest BCUT2D eigenvalue weighted by atomic mass is 10.0. The number of rotatable bonds is 3. The van der Waals surface area contributed by atoms with Gasteiger partial charge in [0, 0.05) is 5.56 Å². The zero-order valence-electron chi connectivity index (χ0n) is 10.3. The van der Waals surface area contributed by atoms with Gasteiger partial charge in [-0.05, 0) is 36.6 Å². The van der Waals surface area contributed by atoms with E-state index in [-0.39, 0.29) is 6.42 Å². The summed E-state index contributed by atoms with van der Waals surface area (Å²) in [4.78, 5) is 14.8. The molecule has 0 saturated carbocycles. The molecule has 1 aromatic heterocycles. The highest BCUT2D eigenvalue weighted by Gasteiger charge is 2.14. The predicted octanol–water partition coefficient (Wildman–Crippen LogP) is 2.29. The fourth-order valence-electron chi connectivity index (χ4n) is 2.17. The van der Waals surface area contributed by atoms with Gasteiger partial charge in [0.15, 0.2) is 0 Å². The van der Waals surface area contributed by atoms with Crippen molar-refractivity contribution < 1.29 is 19.1 Å². The van der Waals surface area contributed by atoms with Gasteiger partial charge >= 0.3 is 5.97 Å². The van der Waals surface area contributed by atoms with Crippen molar-refractivity contribution in [3.8, 4) is 17.2 Å². The van der Waals surface area contributed by atoms with Crippen molar-refractivity contribution in [1.82, 2.24) is 4.98 Å². The molecule has 5 heteroatoms. The fourth-order valence-corrected chi connectivity index (χ4v) is 2.17. The number of carbonyl (C=O) groups is 1. The Hall–Kier alpha value is -2.30. The number of aryl methyl sites for hydroxylation is 1. The summed E-state index contributed by atoms with van der Waals surface area (Å²) < 4.78 is 10.9. The second-order valence-corrected chi connectivity index (χ2v) is 4.49. The number of aromatic nitrogens is 1. The van der Waals surface area contributed by atoms with E-state index in [9.17, 15) is 4.79 Å².